The SMILES string of the molecule is Cc1ccc(N2CCN3c4ccccc4C[C@H](C(=O)NCCC(C)C)[C@@H]3C2)cc1. The van der Waals surface area contributed by atoms with Gasteiger partial charge in [-0.1, -0.05) is 49.7 Å². The van der Waals surface area contributed by atoms with Crippen LogP contribution in [0.15, 0.2) is 48.5 Å². The Morgan fingerprint density at radius 3 is 2.62 bits per heavy atom. The summed E-state index contributed by atoms with van der Waals surface area (Å²) in [5.74, 6) is 0.803. The van der Waals surface area contributed by atoms with Crippen LogP contribution in [0.2, 0.25) is 0 Å². The number of hydrogen-bond acceptors (Lipinski definition) is 3. The highest BCUT2D eigenvalue weighted by Gasteiger charge is 2.41. The van der Waals surface area contributed by atoms with Gasteiger partial charge >= 0.3 is 0 Å². The van der Waals surface area contributed by atoms with Gasteiger partial charge < -0.3 is 15.1 Å². The summed E-state index contributed by atoms with van der Waals surface area (Å²) < 4.78 is 0. The third-order valence-corrected chi connectivity index (χ3v) is 6.38. The number of fused-ring (bicyclic) bond motifs is 3. The van der Waals surface area contributed by atoms with Crippen LogP contribution in [0.4, 0.5) is 11.4 Å². The van der Waals surface area contributed by atoms with E-state index >= 15 is 0 Å². The molecule has 4 rings (SSSR count). The first kappa shape index (κ1) is 19.8. The lowest BCUT2D eigenvalue weighted by molar-refractivity contribution is -0.125. The molecule has 2 aliphatic rings. The number of aryl methyl sites for hydroxylation is 1. The zero-order valence-corrected chi connectivity index (χ0v) is 17.9. The van der Waals surface area contributed by atoms with Gasteiger partial charge in [0.05, 0.1) is 12.0 Å². The van der Waals surface area contributed by atoms with Crippen LogP contribution in [0.5, 0.6) is 0 Å². The van der Waals surface area contributed by atoms with Crippen LogP contribution < -0.4 is 15.1 Å². The summed E-state index contributed by atoms with van der Waals surface area (Å²) in [6.07, 6.45) is 1.85. The van der Waals surface area contributed by atoms with Crippen molar-refractivity contribution in [1.29, 1.82) is 0 Å². The maximum absolute atomic E-state index is 13.2. The van der Waals surface area contributed by atoms with Crippen LogP contribution in [0.1, 0.15) is 31.4 Å². The number of carbonyl (C=O) groups excluding carboxylic acids is 1. The summed E-state index contributed by atoms with van der Waals surface area (Å²) in [7, 11) is 0. The Morgan fingerprint density at radius 2 is 1.86 bits per heavy atom. The molecule has 2 aromatic carbocycles. The molecule has 0 aromatic heterocycles. The van der Waals surface area contributed by atoms with Crippen LogP contribution >= 0.6 is 0 Å². The number of para-hydroxylation sites is 1. The first-order chi connectivity index (χ1) is 14.0. The average Bonchev–Trinajstić information content (AvgIpc) is 2.73. The topological polar surface area (TPSA) is 35.6 Å². The molecule has 1 amide bonds. The lowest BCUT2D eigenvalue weighted by Crippen LogP contribution is -2.61. The number of rotatable bonds is 5. The van der Waals surface area contributed by atoms with Gasteiger partial charge in [0.15, 0.2) is 0 Å². The highest BCUT2D eigenvalue weighted by molar-refractivity contribution is 5.82. The Labute approximate surface area is 174 Å². The maximum atomic E-state index is 13.2. The number of carbonyl (C=O) groups is 1. The van der Waals surface area contributed by atoms with Gasteiger partial charge in [0.1, 0.15) is 0 Å². The monoisotopic (exact) mass is 391 g/mol. The van der Waals surface area contributed by atoms with Gasteiger partial charge in [0.2, 0.25) is 5.91 Å². The number of piperazine rings is 1. The van der Waals surface area contributed by atoms with Crippen molar-refractivity contribution in [1.82, 2.24) is 5.32 Å². The van der Waals surface area contributed by atoms with E-state index in [4.69, 9.17) is 0 Å². The molecule has 0 saturated carbocycles. The van der Waals surface area contributed by atoms with Crippen molar-refractivity contribution in [2.45, 2.75) is 39.7 Å². The second-order valence-electron chi connectivity index (χ2n) is 8.96. The highest BCUT2D eigenvalue weighted by Crippen LogP contribution is 2.36. The minimum Gasteiger partial charge on any atom is -0.368 e. The maximum Gasteiger partial charge on any atom is 0.225 e. The average molecular weight is 392 g/mol. The molecule has 0 spiro atoms. The molecule has 1 saturated heterocycles. The molecule has 0 radical (unpaired) electrons. The van der Waals surface area contributed by atoms with Crippen molar-refractivity contribution in [2.75, 3.05) is 36.0 Å². The summed E-state index contributed by atoms with van der Waals surface area (Å²) in [5, 5.41) is 3.23. The Bertz CT molecular complexity index is 845. The summed E-state index contributed by atoms with van der Waals surface area (Å²) in [4.78, 5) is 18.1. The van der Waals surface area contributed by atoms with E-state index in [1.54, 1.807) is 0 Å². The van der Waals surface area contributed by atoms with Crippen LogP contribution in [-0.2, 0) is 11.2 Å². The highest BCUT2D eigenvalue weighted by atomic mass is 16.1. The fourth-order valence-corrected chi connectivity index (χ4v) is 4.66. The molecule has 0 aliphatic carbocycles. The second-order valence-corrected chi connectivity index (χ2v) is 8.96. The largest absolute Gasteiger partial charge is 0.368 e. The molecule has 1 N–H and O–H groups in total. The molecule has 0 unspecified atom stereocenters. The van der Waals surface area contributed by atoms with Gasteiger partial charge in [-0.3, -0.25) is 4.79 Å². The van der Waals surface area contributed by atoms with Crippen molar-refractivity contribution >= 4 is 17.3 Å². The van der Waals surface area contributed by atoms with E-state index in [2.05, 4.69) is 84.4 Å². The van der Waals surface area contributed by atoms with Crippen LogP contribution in [0, 0.1) is 18.8 Å². The van der Waals surface area contributed by atoms with Gasteiger partial charge in [0.25, 0.3) is 0 Å². The van der Waals surface area contributed by atoms with E-state index in [1.807, 2.05) is 0 Å². The Kier molecular flexibility index (Phi) is 5.79. The van der Waals surface area contributed by atoms with E-state index < -0.39 is 0 Å². The third-order valence-electron chi connectivity index (χ3n) is 6.38. The Morgan fingerprint density at radius 1 is 1.10 bits per heavy atom. The van der Waals surface area contributed by atoms with E-state index in [-0.39, 0.29) is 17.9 Å². The molecule has 29 heavy (non-hydrogen) atoms. The minimum absolute atomic E-state index is 0.00897. The smallest absolute Gasteiger partial charge is 0.225 e. The van der Waals surface area contributed by atoms with Gasteiger partial charge in [0, 0.05) is 37.6 Å². The number of hydrogen-bond donors (Lipinski definition) is 1. The normalized spacial score (nSPS) is 21.0. The molecular weight excluding hydrogens is 358 g/mol. The van der Waals surface area contributed by atoms with Crippen molar-refractivity contribution in [3.8, 4) is 0 Å². The van der Waals surface area contributed by atoms with Crippen molar-refractivity contribution in [3.63, 3.8) is 0 Å². The molecule has 2 atom stereocenters. The van der Waals surface area contributed by atoms with Crippen LogP contribution in [-0.4, -0.2) is 38.1 Å². The fourth-order valence-electron chi connectivity index (χ4n) is 4.66. The number of benzene rings is 2. The molecule has 154 valence electrons. The lowest BCUT2D eigenvalue weighted by atomic mass is 9.83. The third kappa shape index (κ3) is 4.26. The first-order valence-corrected chi connectivity index (χ1v) is 11.0. The van der Waals surface area contributed by atoms with Crippen molar-refractivity contribution < 1.29 is 4.79 Å². The quantitative estimate of drug-likeness (QED) is 0.836. The lowest BCUT2D eigenvalue weighted by Gasteiger charge is -2.49. The molecule has 0 bridgehead atoms. The van der Waals surface area contributed by atoms with Crippen molar-refractivity contribution in [2.24, 2.45) is 11.8 Å². The van der Waals surface area contributed by atoms with E-state index in [0.29, 0.717) is 5.92 Å². The molecule has 1 fully saturated rings. The zero-order valence-electron chi connectivity index (χ0n) is 17.9. The van der Waals surface area contributed by atoms with Gasteiger partial charge in [-0.05, 0) is 49.4 Å². The van der Waals surface area contributed by atoms with E-state index in [1.165, 1.54) is 22.5 Å². The zero-order chi connectivity index (χ0) is 20.4. The molecule has 2 aliphatic heterocycles. The van der Waals surface area contributed by atoms with Gasteiger partial charge in [-0.15, -0.1) is 0 Å². The molecule has 4 nitrogen and oxygen atoms in total. The van der Waals surface area contributed by atoms with Crippen LogP contribution in [0.25, 0.3) is 0 Å². The summed E-state index contributed by atoms with van der Waals surface area (Å²) in [6.45, 7) is 10.1. The number of nitrogens with zero attached hydrogens (tertiary/aromatic N) is 2. The second kappa shape index (κ2) is 8.48. The fraction of sp³-hybridized carbons (Fsp3) is 0.480. The summed E-state index contributed by atoms with van der Waals surface area (Å²) >= 11 is 0. The van der Waals surface area contributed by atoms with Gasteiger partial charge in [-0.2, -0.15) is 0 Å². The first-order valence-electron chi connectivity index (χ1n) is 11.0. The molecular formula is C25H33N3O. The van der Waals surface area contributed by atoms with E-state index in [9.17, 15) is 4.79 Å². The Balaban J connectivity index is 1.57. The summed E-state index contributed by atoms with van der Waals surface area (Å²) in [6, 6.07) is 17.6. The van der Waals surface area contributed by atoms with Crippen LogP contribution in [0.3, 0.4) is 0 Å². The summed E-state index contributed by atoms with van der Waals surface area (Å²) in [5.41, 5.74) is 5.15. The minimum atomic E-state index is -0.00897. The number of anilines is 2. The molecule has 2 aromatic rings. The molecule has 4 heteroatoms. The predicted octanol–water partition coefficient (Wildman–Crippen LogP) is 4.02. The number of nitrogens with one attached hydrogen (secondary N) is 1. The molecule has 2 heterocycles. The van der Waals surface area contributed by atoms with Crippen molar-refractivity contribution in [3.05, 3.63) is 59.7 Å². The predicted molar refractivity (Wildman–Crippen MR) is 121 cm³/mol. The van der Waals surface area contributed by atoms with Gasteiger partial charge in [-0.25, -0.2) is 0 Å². The standard InChI is InChI=1S/C25H33N3O/c1-18(2)12-13-26-25(29)22-16-20-6-4-5-7-23(20)28-15-14-27(17-24(22)28)21-10-8-19(3)9-11-21/h4-11,18,22,24H,12-17H2,1-3H3,(H,26,29)/t22-,24-/m0/s1. The number of amides is 1. The Hall–Kier alpha value is -2.49. The van der Waals surface area contributed by atoms with E-state index in [0.717, 1.165) is 39.0 Å².